The van der Waals surface area contributed by atoms with Gasteiger partial charge in [0, 0.05) is 17.8 Å². The second-order valence-electron chi connectivity index (χ2n) is 4.94. The Labute approximate surface area is 125 Å². The molecule has 4 rings (SSSR count). The first-order valence-electron chi connectivity index (χ1n) is 6.80. The van der Waals surface area contributed by atoms with E-state index in [2.05, 4.69) is 4.98 Å². The highest BCUT2D eigenvalue weighted by molar-refractivity contribution is 5.82. The summed E-state index contributed by atoms with van der Waals surface area (Å²) >= 11 is 0. The second kappa shape index (κ2) is 4.73. The predicted molar refractivity (Wildman–Crippen MR) is 83.2 cm³/mol. The molecular weight excluding hydrogens is 280 g/mol. The van der Waals surface area contributed by atoms with Crippen LogP contribution >= 0.6 is 0 Å². The number of pyridine rings is 1. The summed E-state index contributed by atoms with van der Waals surface area (Å²) in [5.41, 5.74) is 1.93. The molecule has 0 bridgehead atoms. The molecule has 0 fully saturated rings. The van der Waals surface area contributed by atoms with Crippen molar-refractivity contribution < 1.29 is 9.15 Å². The van der Waals surface area contributed by atoms with Gasteiger partial charge in [0.1, 0.15) is 17.0 Å². The number of hydrogen-bond donors (Lipinski definition) is 0. The molecule has 0 aliphatic carbocycles. The van der Waals surface area contributed by atoms with E-state index < -0.39 is 5.63 Å². The van der Waals surface area contributed by atoms with Crippen LogP contribution in [0, 0.1) is 0 Å². The van der Waals surface area contributed by atoms with Crippen LogP contribution in [0.5, 0.6) is 5.75 Å². The molecule has 0 aliphatic rings. The number of nitrogens with zero attached hydrogens (tertiary/aromatic N) is 2. The fraction of sp³-hybridized carbons (Fsp3) is 0.0588. The average Bonchev–Trinajstić information content (AvgIpc) is 2.97. The molecule has 3 heterocycles. The molecule has 22 heavy (non-hydrogen) atoms. The molecule has 5 nitrogen and oxygen atoms in total. The van der Waals surface area contributed by atoms with Crippen LogP contribution in [0.15, 0.2) is 64.1 Å². The number of ether oxygens (including phenoxy) is 1. The maximum atomic E-state index is 12.2. The molecule has 0 saturated heterocycles. The van der Waals surface area contributed by atoms with Crippen molar-refractivity contribution in [2.24, 2.45) is 0 Å². The average molecular weight is 292 g/mol. The van der Waals surface area contributed by atoms with Crippen molar-refractivity contribution in [1.29, 1.82) is 0 Å². The van der Waals surface area contributed by atoms with E-state index in [9.17, 15) is 4.79 Å². The number of rotatable bonds is 2. The van der Waals surface area contributed by atoms with Crippen molar-refractivity contribution in [3.63, 3.8) is 0 Å². The van der Waals surface area contributed by atoms with Gasteiger partial charge in [0.25, 0.3) is 0 Å². The Morgan fingerprint density at radius 1 is 1.18 bits per heavy atom. The largest absolute Gasteiger partial charge is 0.497 e. The van der Waals surface area contributed by atoms with Crippen molar-refractivity contribution >= 4 is 16.6 Å². The lowest BCUT2D eigenvalue weighted by Crippen LogP contribution is -2.02. The zero-order valence-corrected chi connectivity index (χ0v) is 11.8. The van der Waals surface area contributed by atoms with Crippen LogP contribution in [0.25, 0.3) is 27.9 Å². The minimum absolute atomic E-state index is 0.402. The van der Waals surface area contributed by atoms with Crippen molar-refractivity contribution in [1.82, 2.24) is 9.38 Å². The Morgan fingerprint density at radius 2 is 2.09 bits per heavy atom. The summed E-state index contributed by atoms with van der Waals surface area (Å²) < 4.78 is 12.5. The standard InChI is InChI=1S/C17H12N2O3/c1-21-12-5-6-15-11(8-12)9-13(17(20)22-15)14-10-19-7-3-2-4-16(19)18-14/h2-10H,1H3. The Kier molecular flexibility index (Phi) is 2.72. The fourth-order valence-electron chi connectivity index (χ4n) is 2.47. The molecule has 3 aromatic heterocycles. The van der Waals surface area contributed by atoms with Crippen LogP contribution in [-0.4, -0.2) is 16.5 Å². The van der Waals surface area contributed by atoms with Crippen molar-refractivity contribution in [2.45, 2.75) is 0 Å². The Hall–Kier alpha value is -3.08. The third-order valence-electron chi connectivity index (χ3n) is 3.58. The van der Waals surface area contributed by atoms with Gasteiger partial charge in [0.15, 0.2) is 0 Å². The first-order chi connectivity index (χ1) is 10.7. The molecule has 108 valence electrons. The third-order valence-corrected chi connectivity index (χ3v) is 3.58. The summed E-state index contributed by atoms with van der Waals surface area (Å²) in [5, 5.41) is 0.797. The van der Waals surface area contributed by atoms with E-state index in [1.807, 2.05) is 41.1 Å². The molecule has 0 saturated carbocycles. The summed E-state index contributed by atoms with van der Waals surface area (Å²) in [6.45, 7) is 0. The van der Waals surface area contributed by atoms with Crippen LogP contribution in [0.2, 0.25) is 0 Å². The number of imidazole rings is 1. The van der Waals surface area contributed by atoms with Crippen molar-refractivity contribution in [3.05, 3.63) is 65.3 Å². The number of methoxy groups -OCH3 is 1. The van der Waals surface area contributed by atoms with Crippen LogP contribution in [0.1, 0.15) is 0 Å². The van der Waals surface area contributed by atoms with Crippen LogP contribution < -0.4 is 10.4 Å². The predicted octanol–water partition coefficient (Wildman–Crippen LogP) is 3.12. The van der Waals surface area contributed by atoms with Gasteiger partial charge in [-0.15, -0.1) is 0 Å². The van der Waals surface area contributed by atoms with Crippen LogP contribution in [0.4, 0.5) is 0 Å². The van der Waals surface area contributed by atoms with E-state index in [-0.39, 0.29) is 0 Å². The SMILES string of the molecule is COc1ccc2oc(=O)c(-c3cn4ccccc4n3)cc2c1. The van der Waals surface area contributed by atoms with Gasteiger partial charge in [-0.2, -0.15) is 0 Å². The Balaban J connectivity index is 1.96. The van der Waals surface area contributed by atoms with Gasteiger partial charge in [-0.1, -0.05) is 6.07 Å². The minimum atomic E-state index is -0.402. The lowest BCUT2D eigenvalue weighted by atomic mass is 10.1. The van der Waals surface area contributed by atoms with Crippen LogP contribution in [0.3, 0.4) is 0 Å². The van der Waals surface area contributed by atoms with Crippen molar-refractivity contribution in [3.8, 4) is 17.0 Å². The van der Waals surface area contributed by atoms with Gasteiger partial charge in [-0.25, -0.2) is 9.78 Å². The highest BCUT2D eigenvalue weighted by Gasteiger charge is 2.12. The lowest BCUT2D eigenvalue weighted by Gasteiger charge is -2.02. The molecule has 0 aliphatic heterocycles. The molecule has 0 amide bonds. The molecule has 0 unspecified atom stereocenters. The van der Waals surface area contributed by atoms with Gasteiger partial charge in [-0.05, 0) is 36.4 Å². The third kappa shape index (κ3) is 1.95. The van der Waals surface area contributed by atoms with E-state index in [0.29, 0.717) is 22.6 Å². The number of aromatic nitrogens is 2. The smallest absolute Gasteiger partial charge is 0.345 e. The second-order valence-corrected chi connectivity index (χ2v) is 4.94. The first kappa shape index (κ1) is 12.6. The summed E-state index contributed by atoms with van der Waals surface area (Å²) in [7, 11) is 1.60. The molecule has 0 N–H and O–H groups in total. The van der Waals surface area contributed by atoms with E-state index >= 15 is 0 Å². The van der Waals surface area contributed by atoms with Gasteiger partial charge >= 0.3 is 5.63 Å². The highest BCUT2D eigenvalue weighted by atomic mass is 16.5. The van der Waals surface area contributed by atoms with Gasteiger partial charge in [0.2, 0.25) is 0 Å². The molecule has 1 aromatic carbocycles. The molecule has 0 atom stereocenters. The quantitative estimate of drug-likeness (QED) is 0.533. The first-order valence-corrected chi connectivity index (χ1v) is 6.80. The number of hydrogen-bond acceptors (Lipinski definition) is 4. The normalized spacial score (nSPS) is 11.1. The zero-order chi connectivity index (χ0) is 15.1. The van der Waals surface area contributed by atoms with Crippen LogP contribution in [-0.2, 0) is 0 Å². The Morgan fingerprint density at radius 3 is 2.91 bits per heavy atom. The summed E-state index contributed by atoms with van der Waals surface area (Å²) in [6.07, 6.45) is 3.70. The molecule has 5 heteroatoms. The lowest BCUT2D eigenvalue weighted by molar-refractivity contribution is 0.415. The summed E-state index contributed by atoms with van der Waals surface area (Å²) in [4.78, 5) is 16.7. The molecular formula is C17H12N2O3. The zero-order valence-electron chi connectivity index (χ0n) is 11.8. The molecule has 0 radical (unpaired) electrons. The molecule has 0 spiro atoms. The maximum absolute atomic E-state index is 12.2. The van der Waals surface area contributed by atoms with E-state index in [1.54, 1.807) is 25.3 Å². The van der Waals surface area contributed by atoms with Gasteiger partial charge in [0.05, 0.1) is 18.4 Å². The fourth-order valence-corrected chi connectivity index (χ4v) is 2.47. The monoisotopic (exact) mass is 292 g/mol. The number of fused-ring (bicyclic) bond motifs is 2. The van der Waals surface area contributed by atoms with E-state index in [4.69, 9.17) is 9.15 Å². The summed E-state index contributed by atoms with van der Waals surface area (Å²) in [6, 6.07) is 12.8. The number of benzene rings is 1. The minimum Gasteiger partial charge on any atom is -0.497 e. The molecule has 4 aromatic rings. The van der Waals surface area contributed by atoms with Gasteiger partial charge < -0.3 is 13.6 Å². The Bertz CT molecular complexity index is 1010. The van der Waals surface area contributed by atoms with Crippen molar-refractivity contribution in [2.75, 3.05) is 7.11 Å². The highest BCUT2D eigenvalue weighted by Crippen LogP contribution is 2.24. The topological polar surface area (TPSA) is 56.7 Å². The maximum Gasteiger partial charge on any atom is 0.345 e. The van der Waals surface area contributed by atoms with E-state index in [0.717, 1.165) is 11.0 Å². The van der Waals surface area contributed by atoms with Gasteiger partial charge in [-0.3, -0.25) is 0 Å². The summed E-state index contributed by atoms with van der Waals surface area (Å²) in [5.74, 6) is 0.710. The van der Waals surface area contributed by atoms with E-state index in [1.165, 1.54) is 0 Å².